The third kappa shape index (κ3) is 3.16. The molecule has 0 spiro atoms. The van der Waals surface area contributed by atoms with Crippen LogP contribution in [0.4, 0.5) is 5.69 Å². The highest BCUT2D eigenvalue weighted by molar-refractivity contribution is 7.99. The molecule has 1 aliphatic heterocycles. The Morgan fingerprint density at radius 1 is 1.12 bits per heavy atom. The van der Waals surface area contributed by atoms with Crippen molar-refractivity contribution in [1.29, 1.82) is 0 Å². The van der Waals surface area contributed by atoms with Crippen LogP contribution in [-0.2, 0) is 6.42 Å². The van der Waals surface area contributed by atoms with Gasteiger partial charge in [-0.2, -0.15) is 9.78 Å². The Kier molecular flexibility index (Phi) is 4.02. The number of hydrogen-bond donors (Lipinski definition) is 0. The van der Waals surface area contributed by atoms with Gasteiger partial charge in [-0.15, -0.1) is 10.2 Å². The summed E-state index contributed by atoms with van der Waals surface area (Å²) in [6.45, 7) is 0. The Labute approximate surface area is 147 Å². The van der Waals surface area contributed by atoms with E-state index in [1.165, 1.54) is 17.8 Å². The number of nitro groups is 1. The van der Waals surface area contributed by atoms with Gasteiger partial charge in [0.25, 0.3) is 5.69 Å². The molecule has 4 rings (SSSR count). The summed E-state index contributed by atoms with van der Waals surface area (Å²) in [6.07, 6.45) is 0.625. The lowest BCUT2D eigenvalue weighted by Gasteiger charge is -2.13. The summed E-state index contributed by atoms with van der Waals surface area (Å²) in [6, 6.07) is 16.5. The number of aromatic nitrogens is 3. The molecular weight excluding hydrogens is 338 g/mol. The van der Waals surface area contributed by atoms with Gasteiger partial charge >= 0.3 is 0 Å². The normalized spacial score (nSPS) is 13.2. The van der Waals surface area contributed by atoms with Crippen molar-refractivity contribution in [2.75, 3.05) is 5.75 Å². The molecule has 0 aliphatic carbocycles. The number of rotatable bonds is 4. The molecule has 124 valence electrons. The van der Waals surface area contributed by atoms with Crippen LogP contribution in [0, 0.1) is 10.1 Å². The quantitative estimate of drug-likeness (QED) is 0.532. The van der Waals surface area contributed by atoms with Gasteiger partial charge in [-0.05, 0) is 5.56 Å². The third-order valence-corrected chi connectivity index (χ3v) is 4.76. The van der Waals surface area contributed by atoms with E-state index in [4.69, 9.17) is 0 Å². The highest BCUT2D eigenvalue weighted by Gasteiger charge is 2.21. The number of non-ortho nitro benzene ring substituents is 1. The van der Waals surface area contributed by atoms with E-state index in [9.17, 15) is 10.1 Å². The molecule has 0 fully saturated rings. The van der Waals surface area contributed by atoms with E-state index in [2.05, 4.69) is 15.3 Å². The second kappa shape index (κ2) is 6.48. The Hall–Kier alpha value is -3.00. The van der Waals surface area contributed by atoms with Crippen molar-refractivity contribution < 1.29 is 4.92 Å². The monoisotopic (exact) mass is 351 g/mol. The minimum absolute atomic E-state index is 0.0595. The molecule has 0 N–H and O–H groups in total. The van der Waals surface area contributed by atoms with E-state index in [0.717, 1.165) is 27.8 Å². The first-order valence-electron chi connectivity index (χ1n) is 7.64. The molecule has 7 nitrogen and oxygen atoms in total. The molecular formula is C17H13N5O2S. The van der Waals surface area contributed by atoms with Crippen LogP contribution in [-0.4, -0.2) is 31.3 Å². The fourth-order valence-corrected chi connectivity index (χ4v) is 3.45. The van der Waals surface area contributed by atoms with Gasteiger partial charge < -0.3 is 0 Å². The largest absolute Gasteiger partial charge is 0.270 e. The van der Waals surface area contributed by atoms with E-state index in [0.29, 0.717) is 12.2 Å². The Balaban J connectivity index is 1.69. The van der Waals surface area contributed by atoms with Crippen LogP contribution in [0.2, 0.25) is 0 Å². The second-order valence-electron chi connectivity index (χ2n) is 5.52. The zero-order valence-electron chi connectivity index (χ0n) is 13.1. The van der Waals surface area contributed by atoms with Crippen LogP contribution < -0.4 is 0 Å². The zero-order chi connectivity index (χ0) is 17.2. The lowest BCUT2D eigenvalue weighted by Crippen LogP contribution is -2.15. The van der Waals surface area contributed by atoms with Crippen molar-refractivity contribution in [3.05, 3.63) is 81.7 Å². The molecule has 0 saturated carbocycles. The summed E-state index contributed by atoms with van der Waals surface area (Å²) in [4.78, 5) is 10.6. The van der Waals surface area contributed by atoms with Gasteiger partial charge in [0.05, 0.1) is 10.6 Å². The van der Waals surface area contributed by atoms with Gasteiger partial charge in [0.15, 0.2) is 5.82 Å². The third-order valence-electron chi connectivity index (χ3n) is 3.83. The van der Waals surface area contributed by atoms with Crippen molar-refractivity contribution in [3.63, 3.8) is 0 Å². The predicted molar refractivity (Wildman–Crippen MR) is 95.0 cm³/mol. The van der Waals surface area contributed by atoms with Crippen LogP contribution in [0.5, 0.6) is 0 Å². The molecule has 0 saturated heterocycles. The maximum Gasteiger partial charge on any atom is 0.270 e. The molecule has 2 heterocycles. The van der Waals surface area contributed by atoms with E-state index in [1.807, 2.05) is 36.4 Å². The summed E-state index contributed by atoms with van der Waals surface area (Å²) < 4.78 is 1.73. The topological polar surface area (TPSA) is 86.2 Å². The van der Waals surface area contributed by atoms with E-state index >= 15 is 0 Å². The summed E-state index contributed by atoms with van der Waals surface area (Å²) >= 11 is 1.53. The fourth-order valence-electron chi connectivity index (χ4n) is 2.60. The molecule has 0 unspecified atom stereocenters. The van der Waals surface area contributed by atoms with Crippen molar-refractivity contribution in [1.82, 2.24) is 14.9 Å². The minimum Gasteiger partial charge on any atom is -0.258 e. The average molecular weight is 351 g/mol. The standard InChI is InChI=1S/C17H13N5O2S/c23-22(24)14-8-4-7-13(10-14)15-11-25-17-19-18-16(21(17)20-15)9-12-5-2-1-3-6-12/h1-8,10H,9,11H2. The maximum atomic E-state index is 11.0. The minimum atomic E-state index is -0.398. The van der Waals surface area contributed by atoms with Gasteiger partial charge in [0.1, 0.15) is 0 Å². The average Bonchev–Trinajstić information content (AvgIpc) is 3.05. The molecule has 8 heteroatoms. The first kappa shape index (κ1) is 15.5. The first-order chi connectivity index (χ1) is 12.2. The van der Waals surface area contributed by atoms with Gasteiger partial charge in [-0.1, -0.05) is 54.2 Å². The number of nitrogens with zero attached hydrogens (tertiary/aromatic N) is 5. The van der Waals surface area contributed by atoms with Crippen LogP contribution >= 0.6 is 11.8 Å². The molecule has 3 aromatic rings. The lowest BCUT2D eigenvalue weighted by molar-refractivity contribution is -0.384. The Morgan fingerprint density at radius 2 is 1.96 bits per heavy atom. The SMILES string of the molecule is O=[N+]([O-])c1cccc(C2=Nn3c(Cc4ccccc4)nnc3SC2)c1. The van der Waals surface area contributed by atoms with E-state index in [-0.39, 0.29) is 5.69 Å². The van der Waals surface area contributed by atoms with Gasteiger partial charge in [0, 0.05) is 29.9 Å². The Morgan fingerprint density at radius 3 is 2.76 bits per heavy atom. The van der Waals surface area contributed by atoms with Gasteiger partial charge in [-0.3, -0.25) is 10.1 Å². The molecule has 0 amide bonds. The smallest absolute Gasteiger partial charge is 0.258 e. The highest BCUT2D eigenvalue weighted by Crippen LogP contribution is 2.26. The molecule has 0 atom stereocenters. The van der Waals surface area contributed by atoms with Crippen LogP contribution in [0.3, 0.4) is 0 Å². The fraction of sp³-hybridized carbons (Fsp3) is 0.118. The van der Waals surface area contributed by atoms with Crippen molar-refractivity contribution >= 4 is 23.2 Å². The van der Waals surface area contributed by atoms with Crippen molar-refractivity contribution in [2.45, 2.75) is 11.6 Å². The van der Waals surface area contributed by atoms with E-state index < -0.39 is 4.92 Å². The summed E-state index contributed by atoms with van der Waals surface area (Å²) in [5.41, 5.74) is 2.70. The molecule has 0 radical (unpaired) electrons. The molecule has 25 heavy (non-hydrogen) atoms. The summed E-state index contributed by atoms with van der Waals surface area (Å²) in [5, 5.41) is 24.8. The van der Waals surface area contributed by atoms with Crippen LogP contribution in [0.1, 0.15) is 17.0 Å². The molecule has 0 bridgehead atoms. The highest BCUT2D eigenvalue weighted by atomic mass is 32.2. The molecule has 1 aromatic heterocycles. The number of fused-ring (bicyclic) bond motifs is 1. The van der Waals surface area contributed by atoms with Crippen LogP contribution in [0.15, 0.2) is 64.9 Å². The zero-order valence-corrected chi connectivity index (χ0v) is 13.9. The second-order valence-corrected chi connectivity index (χ2v) is 6.46. The molecule has 2 aromatic carbocycles. The number of thioether (sulfide) groups is 1. The predicted octanol–water partition coefficient (Wildman–Crippen LogP) is 3.14. The number of hydrogen-bond acceptors (Lipinski definition) is 6. The summed E-state index contributed by atoms with van der Waals surface area (Å²) in [7, 11) is 0. The number of nitro benzene ring substituents is 1. The van der Waals surface area contributed by atoms with Gasteiger partial charge in [0.2, 0.25) is 5.16 Å². The van der Waals surface area contributed by atoms with Crippen LogP contribution in [0.25, 0.3) is 0 Å². The first-order valence-corrected chi connectivity index (χ1v) is 8.63. The van der Waals surface area contributed by atoms with Gasteiger partial charge in [-0.25, -0.2) is 0 Å². The maximum absolute atomic E-state index is 11.0. The van der Waals surface area contributed by atoms with E-state index in [1.54, 1.807) is 16.8 Å². The lowest BCUT2D eigenvalue weighted by atomic mass is 10.1. The van der Waals surface area contributed by atoms with Crippen molar-refractivity contribution in [3.8, 4) is 0 Å². The summed E-state index contributed by atoms with van der Waals surface area (Å²) in [5.74, 6) is 1.35. The Bertz CT molecular complexity index is 968. The van der Waals surface area contributed by atoms with Crippen molar-refractivity contribution in [2.24, 2.45) is 5.10 Å². The number of benzene rings is 2. The molecule has 1 aliphatic rings.